The molecule has 1 aliphatic heterocycles. The lowest BCUT2D eigenvalue weighted by molar-refractivity contribution is -0.144. The normalized spacial score (nSPS) is 20.7. The van der Waals surface area contributed by atoms with E-state index in [1.165, 1.54) is 0 Å². The molecule has 3 nitrogen and oxygen atoms in total. The van der Waals surface area contributed by atoms with Crippen molar-refractivity contribution >= 4 is 5.97 Å². The molecule has 0 N–H and O–H groups in total. The number of carbonyl (C=O) groups excluding carboxylic acids is 1. The maximum Gasteiger partial charge on any atom is 0.340 e. The average Bonchev–Trinajstić information content (AvgIpc) is 2.72. The van der Waals surface area contributed by atoms with E-state index in [4.69, 9.17) is 9.47 Å². The zero-order valence-electron chi connectivity index (χ0n) is 7.81. The SMILES string of the molecule is O=C(Oc1ccccc1)[C@H]1CCCO1. The highest BCUT2D eigenvalue weighted by molar-refractivity contribution is 5.77. The van der Waals surface area contributed by atoms with Crippen LogP contribution in [0.25, 0.3) is 0 Å². The summed E-state index contributed by atoms with van der Waals surface area (Å²) in [5, 5.41) is 0. The quantitative estimate of drug-likeness (QED) is 0.529. The number of rotatable bonds is 2. The lowest BCUT2D eigenvalue weighted by Crippen LogP contribution is -2.24. The van der Waals surface area contributed by atoms with Crippen LogP contribution in [0.3, 0.4) is 0 Å². The third-order valence-corrected chi connectivity index (χ3v) is 2.15. The van der Waals surface area contributed by atoms with Crippen LogP contribution in [0.4, 0.5) is 0 Å². The first-order valence-electron chi connectivity index (χ1n) is 4.74. The lowest BCUT2D eigenvalue weighted by atomic mass is 10.2. The Hall–Kier alpha value is -1.35. The first kappa shape index (κ1) is 9.21. The van der Waals surface area contributed by atoms with Gasteiger partial charge in [0.1, 0.15) is 5.75 Å². The predicted octanol–water partition coefficient (Wildman–Crippen LogP) is 1.77. The van der Waals surface area contributed by atoms with E-state index in [9.17, 15) is 4.79 Å². The molecule has 1 atom stereocenters. The third-order valence-electron chi connectivity index (χ3n) is 2.15. The molecule has 1 aliphatic rings. The zero-order valence-corrected chi connectivity index (χ0v) is 7.81. The minimum Gasteiger partial charge on any atom is -0.425 e. The summed E-state index contributed by atoms with van der Waals surface area (Å²) in [4.78, 5) is 11.5. The Bertz CT molecular complexity index is 302. The molecule has 0 amide bonds. The second-order valence-corrected chi connectivity index (χ2v) is 3.24. The van der Waals surface area contributed by atoms with Crippen LogP contribution in [0.5, 0.6) is 5.75 Å². The fraction of sp³-hybridized carbons (Fsp3) is 0.364. The largest absolute Gasteiger partial charge is 0.425 e. The molecule has 1 saturated heterocycles. The van der Waals surface area contributed by atoms with Crippen molar-refractivity contribution in [2.24, 2.45) is 0 Å². The fourth-order valence-corrected chi connectivity index (χ4v) is 1.43. The van der Waals surface area contributed by atoms with E-state index in [1.54, 1.807) is 12.1 Å². The highest BCUT2D eigenvalue weighted by Gasteiger charge is 2.25. The maximum absolute atomic E-state index is 11.5. The van der Waals surface area contributed by atoms with Gasteiger partial charge in [-0.2, -0.15) is 0 Å². The van der Waals surface area contributed by atoms with E-state index in [1.807, 2.05) is 18.2 Å². The van der Waals surface area contributed by atoms with E-state index in [2.05, 4.69) is 0 Å². The van der Waals surface area contributed by atoms with Crippen LogP contribution >= 0.6 is 0 Å². The van der Waals surface area contributed by atoms with Crippen LogP contribution in [0.1, 0.15) is 12.8 Å². The number of benzene rings is 1. The van der Waals surface area contributed by atoms with Gasteiger partial charge in [-0.3, -0.25) is 0 Å². The van der Waals surface area contributed by atoms with Crippen molar-refractivity contribution in [3.05, 3.63) is 30.3 Å². The van der Waals surface area contributed by atoms with E-state index in [0.29, 0.717) is 12.4 Å². The number of para-hydroxylation sites is 1. The van der Waals surface area contributed by atoms with Crippen LogP contribution in [-0.4, -0.2) is 18.7 Å². The van der Waals surface area contributed by atoms with Gasteiger partial charge in [-0.25, -0.2) is 4.79 Å². The first-order valence-corrected chi connectivity index (χ1v) is 4.74. The molecule has 74 valence electrons. The van der Waals surface area contributed by atoms with Gasteiger partial charge in [-0.1, -0.05) is 18.2 Å². The minimum absolute atomic E-state index is 0.284. The van der Waals surface area contributed by atoms with Gasteiger partial charge in [0.2, 0.25) is 0 Å². The van der Waals surface area contributed by atoms with Crippen LogP contribution in [0.15, 0.2) is 30.3 Å². The number of esters is 1. The maximum atomic E-state index is 11.5. The Balaban J connectivity index is 1.94. The summed E-state index contributed by atoms with van der Waals surface area (Å²) in [6.45, 7) is 0.661. The number of hydrogen-bond donors (Lipinski definition) is 0. The first-order chi connectivity index (χ1) is 6.86. The molecular weight excluding hydrogens is 180 g/mol. The Morgan fingerprint density at radius 2 is 2.14 bits per heavy atom. The average molecular weight is 192 g/mol. The summed E-state index contributed by atoms with van der Waals surface area (Å²) in [5.41, 5.74) is 0. The monoisotopic (exact) mass is 192 g/mol. The van der Waals surface area contributed by atoms with Crippen molar-refractivity contribution in [2.75, 3.05) is 6.61 Å². The molecule has 3 heteroatoms. The van der Waals surface area contributed by atoms with Crippen LogP contribution in [0.2, 0.25) is 0 Å². The van der Waals surface area contributed by atoms with Crippen molar-refractivity contribution in [1.82, 2.24) is 0 Å². The summed E-state index contributed by atoms with van der Waals surface area (Å²) < 4.78 is 10.3. The van der Waals surface area contributed by atoms with Crippen LogP contribution in [-0.2, 0) is 9.53 Å². The van der Waals surface area contributed by atoms with Gasteiger partial charge >= 0.3 is 5.97 Å². The molecule has 0 bridgehead atoms. The van der Waals surface area contributed by atoms with E-state index in [0.717, 1.165) is 12.8 Å². The molecule has 2 rings (SSSR count). The van der Waals surface area contributed by atoms with Crippen molar-refractivity contribution in [1.29, 1.82) is 0 Å². The summed E-state index contributed by atoms with van der Waals surface area (Å²) >= 11 is 0. The zero-order chi connectivity index (χ0) is 9.80. The van der Waals surface area contributed by atoms with Gasteiger partial charge in [-0.15, -0.1) is 0 Å². The second-order valence-electron chi connectivity index (χ2n) is 3.24. The number of carbonyl (C=O) groups is 1. The topological polar surface area (TPSA) is 35.5 Å². The molecule has 14 heavy (non-hydrogen) atoms. The van der Waals surface area contributed by atoms with Crippen LogP contribution < -0.4 is 4.74 Å². The van der Waals surface area contributed by atoms with Gasteiger partial charge in [0.05, 0.1) is 0 Å². The predicted molar refractivity (Wildman–Crippen MR) is 51.1 cm³/mol. The Morgan fingerprint density at radius 1 is 1.36 bits per heavy atom. The van der Waals surface area contributed by atoms with Crippen LogP contribution in [0, 0.1) is 0 Å². The van der Waals surface area contributed by atoms with Gasteiger partial charge in [0.15, 0.2) is 6.10 Å². The smallest absolute Gasteiger partial charge is 0.340 e. The van der Waals surface area contributed by atoms with Crippen molar-refractivity contribution in [2.45, 2.75) is 18.9 Å². The standard InChI is InChI=1S/C11H12O3/c12-11(10-7-4-8-13-10)14-9-5-2-1-3-6-9/h1-3,5-6,10H,4,7-8H2/t10-/m1/s1. The second kappa shape index (κ2) is 4.24. The Labute approximate surface area is 82.6 Å². The molecular formula is C11H12O3. The molecule has 1 heterocycles. The summed E-state index contributed by atoms with van der Waals surface area (Å²) in [5.74, 6) is 0.293. The summed E-state index contributed by atoms with van der Waals surface area (Å²) in [7, 11) is 0. The van der Waals surface area contributed by atoms with Gasteiger partial charge < -0.3 is 9.47 Å². The molecule has 1 aromatic rings. The van der Waals surface area contributed by atoms with E-state index < -0.39 is 0 Å². The highest BCUT2D eigenvalue weighted by atomic mass is 16.6. The van der Waals surface area contributed by atoms with E-state index in [-0.39, 0.29) is 12.1 Å². The molecule has 0 radical (unpaired) electrons. The molecule has 0 spiro atoms. The van der Waals surface area contributed by atoms with Crippen molar-refractivity contribution in [3.8, 4) is 5.75 Å². The Kier molecular flexibility index (Phi) is 2.79. The minimum atomic E-state index is -0.366. The molecule has 0 aromatic heterocycles. The van der Waals surface area contributed by atoms with E-state index >= 15 is 0 Å². The molecule has 1 fully saturated rings. The highest BCUT2D eigenvalue weighted by Crippen LogP contribution is 2.16. The van der Waals surface area contributed by atoms with Gasteiger partial charge in [-0.05, 0) is 25.0 Å². The number of ether oxygens (including phenoxy) is 2. The molecule has 0 unspecified atom stereocenters. The van der Waals surface area contributed by atoms with Crippen molar-refractivity contribution in [3.63, 3.8) is 0 Å². The van der Waals surface area contributed by atoms with Gasteiger partial charge in [0, 0.05) is 6.61 Å². The van der Waals surface area contributed by atoms with Gasteiger partial charge in [0.25, 0.3) is 0 Å². The third kappa shape index (κ3) is 2.12. The van der Waals surface area contributed by atoms with Crippen molar-refractivity contribution < 1.29 is 14.3 Å². The molecule has 0 aliphatic carbocycles. The molecule has 1 aromatic carbocycles. The summed E-state index contributed by atoms with van der Waals surface area (Å²) in [6, 6.07) is 9.05. The summed E-state index contributed by atoms with van der Waals surface area (Å²) in [6.07, 6.45) is 1.34. The Morgan fingerprint density at radius 3 is 2.79 bits per heavy atom. The fourth-order valence-electron chi connectivity index (χ4n) is 1.43. The molecule has 0 saturated carbocycles. The number of hydrogen-bond acceptors (Lipinski definition) is 3. The lowest BCUT2D eigenvalue weighted by Gasteiger charge is -2.08.